The lowest BCUT2D eigenvalue weighted by atomic mass is 9.94. The van der Waals surface area contributed by atoms with E-state index < -0.39 is 0 Å². The van der Waals surface area contributed by atoms with Crippen molar-refractivity contribution in [2.75, 3.05) is 33.9 Å². The Hall–Kier alpha value is -2.70. The number of guanidine groups is 1. The van der Waals surface area contributed by atoms with E-state index in [-0.39, 0.29) is 5.41 Å². The molecule has 1 atom stereocenters. The predicted octanol–water partition coefficient (Wildman–Crippen LogP) is 3.94. The van der Waals surface area contributed by atoms with E-state index in [0.29, 0.717) is 18.4 Å². The second kappa shape index (κ2) is 9.41. The van der Waals surface area contributed by atoms with Crippen LogP contribution in [0.5, 0.6) is 11.5 Å². The summed E-state index contributed by atoms with van der Waals surface area (Å²) in [5, 5.41) is 3.41. The lowest BCUT2D eigenvalue weighted by molar-refractivity contribution is 0.382. The van der Waals surface area contributed by atoms with Gasteiger partial charge in [-0.2, -0.15) is 0 Å². The Kier molecular flexibility index (Phi) is 6.90. The maximum absolute atomic E-state index is 5.89. The van der Waals surface area contributed by atoms with Gasteiger partial charge in [-0.3, -0.25) is 0 Å². The van der Waals surface area contributed by atoms with Crippen LogP contribution in [0.2, 0.25) is 0 Å². The van der Waals surface area contributed by atoms with Crippen molar-refractivity contribution in [1.82, 2.24) is 15.2 Å². The number of methoxy groups -OCH3 is 2. The predicted molar refractivity (Wildman–Crippen MR) is 118 cm³/mol. The summed E-state index contributed by atoms with van der Waals surface area (Å²) in [5.74, 6) is 4.45. The van der Waals surface area contributed by atoms with E-state index in [2.05, 4.69) is 55.0 Å². The first-order valence-corrected chi connectivity index (χ1v) is 10.6. The van der Waals surface area contributed by atoms with Crippen LogP contribution in [0, 0.1) is 0 Å². The van der Waals surface area contributed by atoms with Crippen LogP contribution in [0.15, 0.2) is 33.8 Å². The van der Waals surface area contributed by atoms with Gasteiger partial charge in [0.25, 0.3) is 0 Å². The van der Waals surface area contributed by atoms with Crippen LogP contribution in [0.25, 0.3) is 0 Å². The van der Waals surface area contributed by atoms with E-state index in [0.717, 1.165) is 49.3 Å². The molecule has 2 aromatic rings. The maximum Gasteiger partial charge on any atom is 0.216 e. The van der Waals surface area contributed by atoms with E-state index >= 15 is 0 Å². The van der Waals surface area contributed by atoms with Gasteiger partial charge in [-0.05, 0) is 31.0 Å². The summed E-state index contributed by atoms with van der Waals surface area (Å²) in [6, 6.07) is 6.10. The molecule has 7 nitrogen and oxygen atoms in total. The van der Waals surface area contributed by atoms with Gasteiger partial charge in [-0.25, -0.2) is 9.98 Å². The normalized spacial score (nSPS) is 17.3. The lowest BCUT2D eigenvalue weighted by Crippen LogP contribution is -2.40. The van der Waals surface area contributed by atoms with Crippen molar-refractivity contribution < 1.29 is 13.9 Å². The van der Waals surface area contributed by atoms with Gasteiger partial charge >= 0.3 is 0 Å². The molecular formula is C23H34N4O3. The molecule has 0 radical (unpaired) electrons. The first-order valence-electron chi connectivity index (χ1n) is 10.6. The molecule has 1 aliphatic heterocycles. The van der Waals surface area contributed by atoms with Crippen LogP contribution in [-0.2, 0) is 12.0 Å². The minimum Gasteiger partial charge on any atom is -0.497 e. The number of rotatable bonds is 6. The molecule has 1 fully saturated rings. The van der Waals surface area contributed by atoms with Crippen LogP contribution < -0.4 is 14.8 Å². The second-order valence-electron chi connectivity index (χ2n) is 8.62. The number of benzene rings is 1. The van der Waals surface area contributed by atoms with Gasteiger partial charge in [0.15, 0.2) is 5.96 Å². The van der Waals surface area contributed by atoms with Crippen LogP contribution in [0.3, 0.4) is 0 Å². The van der Waals surface area contributed by atoms with Crippen molar-refractivity contribution in [3.05, 3.63) is 41.6 Å². The molecule has 0 aliphatic carbocycles. The molecule has 1 aromatic carbocycles. The largest absolute Gasteiger partial charge is 0.497 e. The van der Waals surface area contributed by atoms with E-state index in [1.54, 1.807) is 20.4 Å². The number of nitrogens with zero attached hydrogens (tertiary/aromatic N) is 3. The molecule has 0 saturated carbocycles. The van der Waals surface area contributed by atoms with Crippen molar-refractivity contribution in [2.24, 2.45) is 4.99 Å². The number of nitrogens with one attached hydrogen (secondary N) is 1. The minimum absolute atomic E-state index is 0.0561. The van der Waals surface area contributed by atoms with Crippen molar-refractivity contribution in [3.8, 4) is 11.5 Å². The van der Waals surface area contributed by atoms with Gasteiger partial charge in [0, 0.05) is 37.0 Å². The van der Waals surface area contributed by atoms with Gasteiger partial charge < -0.3 is 24.1 Å². The molecule has 1 N–H and O–H groups in total. The molecule has 0 bridgehead atoms. The third kappa shape index (κ3) is 5.26. The highest BCUT2D eigenvalue weighted by Gasteiger charge is 2.27. The quantitative estimate of drug-likeness (QED) is 0.570. The third-order valence-corrected chi connectivity index (χ3v) is 5.32. The zero-order chi connectivity index (χ0) is 21.7. The number of hydrogen-bond acceptors (Lipinski definition) is 5. The Balaban J connectivity index is 1.72. The Morgan fingerprint density at radius 1 is 1.23 bits per heavy atom. The number of aliphatic imine (C=N–C) groups is 1. The molecule has 3 rings (SSSR count). The van der Waals surface area contributed by atoms with Gasteiger partial charge in [0.2, 0.25) is 5.89 Å². The molecule has 164 valence electrons. The van der Waals surface area contributed by atoms with Gasteiger partial charge in [-0.1, -0.05) is 20.8 Å². The van der Waals surface area contributed by atoms with E-state index in [9.17, 15) is 0 Å². The van der Waals surface area contributed by atoms with Crippen molar-refractivity contribution in [1.29, 1.82) is 0 Å². The molecule has 0 spiro atoms. The van der Waals surface area contributed by atoms with Crippen molar-refractivity contribution >= 4 is 5.96 Å². The molecule has 7 heteroatoms. The van der Waals surface area contributed by atoms with Gasteiger partial charge in [-0.15, -0.1) is 0 Å². The van der Waals surface area contributed by atoms with Crippen LogP contribution in [0.4, 0.5) is 0 Å². The number of oxazole rings is 1. The summed E-state index contributed by atoms with van der Waals surface area (Å²) in [6.07, 6.45) is 2.85. The highest BCUT2D eigenvalue weighted by Crippen LogP contribution is 2.33. The summed E-state index contributed by atoms with van der Waals surface area (Å²) < 4.78 is 16.8. The Morgan fingerprint density at radius 3 is 2.50 bits per heavy atom. The smallest absolute Gasteiger partial charge is 0.216 e. The lowest BCUT2D eigenvalue weighted by Gasteiger charge is -2.22. The summed E-state index contributed by atoms with van der Waals surface area (Å²) in [6.45, 7) is 11.5. The zero-order valence-electron chi connectivity index (χ0n) is 19.0. The number of aromatic nitrogens is 1. The fraction of sp³-hybridized carbons (Fsp3) is 0.565. The molecule has 1 aromatic heterocycles. The monoisotopic (exact) mass is 414 g/mol. The fourth-order valence-electron chi connectivity index (χ4n) is 3.59. The maximum atomic E-state index is 5.89. The molecule has 30 heavy (non-hydrogen) atoms. The average Bonchev–Trinajstić information content (AvgIpc) is 3.40. The van der Waals surface area contributed by atoms with Crippen molar-refractivity contribution in [2.45, 2.75) is 52.0 Å². The Labute approximate surface area is 179 Å². The van der Waals surface area contributed by atoms with Crippen LogP contribution >= 0.6 is 0 Å². The highest BCUT2D eigenvalue weighted by molar-refractivity contribution is 5.80. The average molecular weight is 415 g/mol. The topological polar surface area (TPSA) is 72.1 Å². The number of likely N-dealkylation sites (tertiary alicyclic amines) is 1. The van der Waals surface area contributed by atoms with E-state index in [1.165, 1.54) is 5.56 Å². The zero-order valence-corrected chi connectivity index (χ0v) is 19.0. The van der Waals surface area contributed by atoms with Crippen molar-refractivity contribution in [3.63, 3.8) is 0 Å². The highest BCUT2D eigenvalue weighted by atomic mass is 16.5. The molecular weight excluding hydrogens is 380 g/mol. The minimum atomic E-state index is -0.0561. The summed E-state index contributed by atoms with van der Waals surface area (Å²) in [4.78, 5) is 11.5. The molecule has 1 saturated heterocycles. The second-order valence-corrected chi connectivity index (χ2v) is 8.62. The third-order valence-electron chi connectivity index (χ3n) is 5.32. The first-order chi connectivity index (χ1) is 14.3. The molecule has 2 heterocycles. The molecule has 1 unspecified atom stereocenters. The number of ether oxygens (including phenoxy) is 2. The van der Waals surface area contributed by atoms with Crippen LogP contribution in [-0.4, -0.2) is 49.7 Å². The summed E-state index contributed by atoms with van der Waals surface area (Å²) >= 11 is 0. The van der Waals surface area contributed by atoms with E-state index in [4.69, 9.17) is 18.9 Å². The fourth-order valence-corrected chi connectivity index (χ4v) is 3.59. The summed E-state index contributed by atoms with van der Waals surface area (Å²) in [7, 11) is 3.37. The van der Waals surface area contributed by atoms with Gasteiger partial charge in [0.1, 0.15) is 23.8 Å². The number of hydrogen-bond donors (Lipinski definition) is 1. The van der Waals surface area contributed by atoms with E-state index in [1.807, 2.05) is 6.07 Å². The Bertz CT molecular complexity index is 847. The van der Waals surface area contributed by atoms with Crippen LogP contribution in [0.1, 0.15) is 57.2 Å². The first kappa shape index (κ1) is 22.0. The molecule has 0 amide bonds. The standard InChI is InChI=1S/C23H34N4O3/c1-7-24-22(26-14-21-25-13-20(30-21)23(2,3)4)27-9-8-16(15-27)17-10-18(28-5)12-19(11-17)29-6/h10-13,16H,7-9,14-15H2,1-6H3,(H,24,26). The van der Waals surface area contributed by atoms with Gasteiger partial charge in [0.05, 0.1) is 20.4 Å². The SMILES string of the molecule is CCNC(=NCc1ncc(C(C)(C)C)o1)N1CCC(c2cc(OC)cc(OC)c2)C1. The Morgan fingerprint density at radius 2 is 1.93 bits per heavy atom. The summed E-state index contributed by atoms with van der Waals surface area (Å²) in [5.41, 5.74) is 1.17. The molecule has 1 aliphatic rings.